The van der Waals surface area contributed by atoms with Crippen LogP contribution < -0.4 is 19.5 Å². The standard InChI is InChI=1S/C21H17N3O4/c25-21(14-4-5-18-19(9-14)27-12-26-18)24-10-15-8-13-2-1-3-16(20(13)28-15)17-11-22-6-7-23-17/h1-7,9,11,15H,8,10,12H2,(H,24,25). The molecule has 0 saturated carbocycles. The van der Waals surface area contributed by atoms with Gasteiger partial charge in [0.05, 0.1) is 18.4 Å². The molecule has 0 spiro atoms. The van der Waals surface area contributed by atoms with Crippen LogP contribution in [-0.2, 0) is 6.42 Å². The van der Waals surface area contributed by atoms with E-state index in [1.165, 1.54) is 0 Å². The summed E-state index contributed by atoms with van der Waals surface area (Å²) >= 11 is 0. The van der Waals surface area contributed by atoms with E-state index in [0.29, 0.717) is 23.6 Å². The maximum absolute atomic E-state index is 12.5. The normalized spacial score (nSPS) is 16.4. The number of rotatable bonds is 4. The van der Waals surface area contributed by atoms with E-state index in [0.717, 1.165) is 29.0 Å². The zero-order chi connectivity index (χ0) is 18.9. The largest absolute Gasteiger partial charge is 0.487 e. The van der Waals surface area contributed by atoms with Crippen molar-refractivity contribution in [2.24, 2.45) is 0 Å². The number of para-hydroxylation sites is 1. The number of nitrogens with one attached hydrogen (secondary N) is 1. The Bertz CT molecular complexity index is 1040. The first kappa shape index (κ1) is 16.6. The van der Waals surface area contributed by atoms with Crippen LogP contribution in [0.5, 0.6) is 17.2 Å². The van der Waals surface area contributed by atoms with E-state index >= 15 is 0 Å². The lowest BCUT2D eigenvalue weighted by molar-refractivity contribution is 0.0933. The smallest absolute Gasteiger partial charge is 0.251 e. The second kappa shape index (κ2) is 6.84. The molecule has 0 aliphatic carbocycles. The molecule has 1 unspecified atom stereocenters. The highest BCUT2D eigenvalue weighted by molar-refractivity contribution is 5.95. The fourth-order valence-corrected chi connectivity index (χ4v) is 3.44. The molecule has 140 valence electrons. The fraction of sp³-hybridized carbons (Fsp3) is 0.190. The van der Waals surface area contributed by atoms with Gasteiger partial charge in [0.15, 0.2) is 11.5 Å². The van der Waals surface area contributed by atoms with Crippen LogP contribution in [0.3, 0.4) is 0 Å². The maximum atomic E-state index is 12.5. The number of carbonyl (C=O) groups is 1. The summed E-state index contributed by atoms with van der Waals surface area (Å²) in [5.74, 6) is 1.88. The lowest BCUT2D eigenvalue weighted by atomic mass is 10.0. The molecule has 2 aliphatic heterocycles. The minimum absolute atomic E-state index is 0.134. The van der Waals surface area contributed by atoms with Gasteiger partial charge >= 0.3 is 0 Å². The third-order valence-electron chi connectivity index (χ3n) is 4.79. The van der Waals surface area contributed by atoms with E-state index in [-0.39, 0.29) is 18.8 Å². The van der Waals surface area contributed by atoms with Gasteiger partial charge in [-0.15, -0.1) is 0 Å². The average molecular weight is 375 g/mol. The Morgan fingerprint density at radius 3 is 2.96 bits per heavy atom. The van der Waals surface area contributed by atoms with E-state index in [9.17, 15) is 4.79 Å². The molecule has 5 rings (SSSR count). The van der Waals surface area contributed by atoms with Crippen LogP contribution in [0.15, 0.2) is 55.0 Å². The summed E-state index contributed by atoms with van der Waals surface area (Å²) in [6, 6.07) is 11.1. The van der Waals surface area contributed by atoms with Crippen molar-refractivity contribution in [3.63, 3.8) is 0 Å². The van der Waals surface area contributed by atoms with E-state index in [1.807, 2.05) is 18.2 Å². The van der Waals surface area contributed by atoms with Crippen LogP contribution >= 0.6 is 0 Å². The molecule has 2 aliphatic rings. The van der Waals surface area contributed by atoms with E-state index in [2.05, 4.69) is 15.3 Å². The molecule has 1 aromatic heterocycles. The zero-order valence-corrected chi connectivity index (χ0v) is 14.9. The van der Waals surface area contributed by atoms with Crippen molar-refractivity contribution >= 4 is 5.91 Å². The highest BCUT2D eigenvalue weighted by atomic mass is 16.7. The van der Waals surface area contributed by atoms with Crippen molar-refractivity contribution in [3.05, 3.63) is 66.1 Å². The molecule has 0 fully saturated rings. The maximum Gasteiger partial charge on any atom is 0.251 e. The van der Waals surface area contributed by atoms with Crippen LogP contribution in [-0.4, -0.2) is 35.3 Å². The summed E-state index contributed by atoms with van der Waals surface area (Å²) in [5, 5.41) is 2.94. The number of amides is 1. The molecule has 28 heavy (non-hydrogen) atoms. The molecule has 1 atom stereocenters. The third kappa shape index (κ3) is 3.00. The van der Waals surface area contributed by atoms with Crippen molar-refractivity contribution in [1.29, 1.82) is 0 Å². The summed E-state index contributed by atoms with van der Waals surface area (Å²) in [4.78, 5) is 21.0. The Morgan fingerprint density at radius 2 is 2.07 bits per heavy atom. The minimum Gasteiger partial charge on any atom is -0.487 e. The monoisotopic (exact) mass is 375 g/mol. The number of nitrogens with zero attached hydrogens (tertiary/aromatic N) is 2. The Labute approximate surface area is 161 Å². The van der Waals surface area contributed by atoms with Crippen molar-refractivity contribution < 1.29 is 19.0 Å². The van der Waals surface area contributed by atoms with E-state index in [1.54, 1.807) is 36.8 Å². The molecule has 0 saturated heterocycles. The van der Waals surface area contributed by atoms with Gasteiger partial charge in [0.1, 0.15) is 11.9 Å². The van der Waals surface area contributed by atoms with Gasteiger partial charge in [-0.3, -0.25) is 14.8 Å². The quantitative estimate of drug-likeness (QED) is 0.755. The number of benzene rings is 2. The van der Waals surface area contributed by atoms with Gasteiger partial charge in [-0.25, -0.2) is 0 Å². The fourth-order valence-electron chi connectivity index (χ4n) is 3.44. The molecule has 0 bridgehead atoms. The van der Waals surface area contributed by atoms with Gasteiger partial charge in [-0.05, 0) is 29.8 Å². The number of hydrogen-bond donors (Lipinski definition) is 1. The molecule has 3 aromatic rings. The Balaban J connectivity index is 1.27. The average Bonchev–Trinajstić information content (AvgIpc) is 3.38. The number of aromatic nitrogens is 2. The lowest BCUT2D eigenvalue weighted by Crippen LogP contribution is -2.34. The first-order chi connectivity index (χ1) is 13.8. The van der Waals surface area contributed by atoms with Gasteiger partial charge in [-0.2, -0.15) is 0 Å². The van der Waals surface area contributed by atoms with Crippen molar-refractivity contribution in [2.75, 3.05) is 13.3 Å². The molecule has 7 heteroatoms. The van der Waals surface area contributed by atoms with Gasteiger partial charge < -0.3 is 19.5 Å². The van der Waals surface area contributed by atoms with Crippen molar-refractivity contribution in [2.45, 2.75) is 12.5 Å². The SMILES string of the molecule is O=C(NCC1Cc2cccc(-c3cnccn3)c2O1)c1ccc2c(c1)OCO2. The summed E-state index contributed by atoms with van der Waals surface area (Å²) < 4.78 is 16.7. The van der Waals surface area contributed by atoms with Gasteiger partial charge in [0, 0.05) is 29.9 Å². The predicted octanol–water partition coefficient (Wildman–Crippen LogP) is 2.61. The first-order valence-corrected chi connectivity index (χ1v) is 9.01. The number of fused-ring (bicyclic) bond motifs is 2. The topological polar surface area (TPSA) is 82.6 Å². The van der Waals surface area contributed by atoms with Crippen LogP contribution in [0, 0.1) is 0 Å². The lowest BCUT2D eigenvalue weighted by Gasteiger charge is -2.13. The molecule has 1 N–H and O–H groups in total. The van der Waals surface area contributed by atoms with Crippen LogP contribution in [0.1, 0.15) is 15.9 Å². The van der Waals surface area contributed by atoms with Crippen molar-refractivity contribution in [3.8, 4) is 28.5 Å². The Morgan fingerprint density at radius 1 is 1.14 bits per heavy atom. The van der Waals surface area contributed by atoms with Crippen LogP contribution in [0.4, 0.5) is 0 Å². The molecule has 3 heterocycles. The van der Waals surface area contributed by atoms with Crippen molar-refractivity contribution in [1.82, 2.24) is 15.3 Å². The summed E-state index contributed by atoms with van der Waals surface area (Å²) in [6.07, 6.45) is 5.61. The van der Waals surface area contributed by atoms with E-state index < -0.39 is 0 Å². The Hall–Kier alpha value is -3.61. The van der Waals surface area contributed by atoms with Gasteiger partial charge in [0.2, 0.25) is 6.79 Å². The second-order valence-corrected chi connectivity index (χ2v) is 6.61. The molecule has 2 aromatic carbocycles. The van der Waals surface area contributed by atoms with Gasteiger partial charge in [0.25, 0.3) is 5.91 Å². The molecule has 1 amide bonds. The molecular weight excluding hydrogens is 358 g/mol. The number of carbonyl (C=O) groups excluding carboxylic acids is 1. The molecule has 0 radical (unpaired) electrons. The second-order valence-electron chi connectivity index (χ2n) is 6.61. The van der Waals surface area contributed by atoms with Crippen LogP contribution in [0.2, 0.25) is 0 Å². The predicted molar refractivity (Wildman–Crippen MR) is 100 cm³/mol. The minimum atomic E-state index is -0.174. The first-order valence-electron chi connectivity index (χ1n) is 9.01. The highest BCUT2D eigenvalue weighted by Gasteiger charge is 2.27. The summed E-state index contributed by atoms with van der Waals surface area (Å²) in [5.41, 5.74) is 3.31. The molecule has 7 nitrogen and oxygen atoms in total. The third-order valence-corrected chi connectivity index (χ3v) is 4.79. The summed E-state index contributed by atoms with van der Waals surface area (Å²) in [7, 11) is 0. The number of ether oxygens (including phenoxy) is 3. The van der Waals surface area contributed by atoms with Crippen LogP contribution in [0.25, 0.3) is 11.3 Å². The highest BCUT2D eigenvalue weighted by Crippen LogP contribution is 2.37. The Kier molecular flexibility index (Phi) is 4.05. The van der Waals surface area contributed by atoms with Gasteiger partial charge in [-0.1, -0.05) is 12.1 Å². The molecular formula is C21H17N3O4. The zero-order valence-electron chi connectivity index (χ0n) is 14.9. The van der Waals surface area contributed by atoms with E-state index in [4.69, 9.17) is 14.2 Å². The summed E-state index contributed by atoms with van der Waals surface area (Å²) in [6.45, 7) is 0.588. The number of hydrogen-bond acceptors (Lipinski definition) is 6.